The van der Waals surface area contributed by atoms with Crippen molar-refractivity contribution < 1.29 is 4.79 Å². The highest BCUT2D eigenvalue weighted by Gasteiger charge is 2.01. The summed E-state index contributed by atoms with van der Waals surface area (Å²) in [4.78, 5) is 11.4. The van der Waals surface area contributed by atoms with Gasteiger partial charge in [-0.05, 0) is 42.9 Å². The molecule has 0 spiro atoms. The van der Waals surface area contributed by atoms with Crippen LogP contribution in [0.3, 0.4) is 0 Å². The Morgan fingerprint density at radius 1 is 1.20 bits per heavy atom. The third kappa shape index (κ3) is 7.51. The second kappa shape index (κ2) is 10.7. The molecule has 1 rings (SSSR count). The molecule has 0 aliphatic rings. The van der Waals surface area contributed by atoms with Crippen LogP contribution in [0.15, 0.2) is 24.3 Å². The predicted molar refractivity (Wildman–Crippen MR) is 87.4 cm³/mol. The van der Waals surface area contributed by atoms with Crippen LogP contribution in [0.2, 0.25) is 0 Å². The minimum atomic E-state index is 0. The molecule has 0 saturated heterocycles. The largest absolute Gasteiger partial charge is 0.356 e. The number of amides is 1. The van der Waals surface area contributed by atoms with Crippen LogP contribution >= 0.6 is 12.4 Å². The Morgan fingerprint density at radius 2 is 1.85 bits per heavy atom. The van der Waals surface area contributed by atoms with E-state index in [4.69, 9.17) is 5.73 Å². The van der Waals surface area contributed by atoms with Crippen molar-refractivity contribution in [2.45, 2.75) is 45.4 Å². The minimum Gasteiger partial charge on any atom is -0.356 e. The number of hydrogen-bond donors (Lipinski definition) is 2. The Bertz CT molecular complexity index is 377. The first-order chi connectivity index (χ1) is 9.13. The maximum absolute atomic E-state index is 11.4. The van der Waals surface area contributed by atoms with Crippen molar-refractivity contribution in [2.75, 3.05) is 13.1 Å². The van der Waals surface area contributed by atoms with Gasteiger partial charge in [-0.15, -0.1) is 12.4 Å². The summed E-state index contributed by atoms with van der Waals surface area (Å²) < 4.78 is 0. The smallest absolute Gasteiger partial charge is 0.220 e. The number of carbonyl (C=O) groups excluding carboxylic acids is 1. The SMILES string of the molecule is CC(C)c1ccc(CCCNC(=O)CCCN)cc1.Cl. The summed E-state index contributed by atoms with van der Waals surface area (Å²) in [5, 5.41) is 2.92. The lowest BCUT2D eigenvalue weighted by molar-refractivity contribution is -0.121. The van der Waals surface area contributed by atoms with Crippen molar-refractivity contribution in [1.29, 1.82) is 0 Å². The molecule has 0 radical (unpaired) electrons. The lowest BCUT2D eigenvalue weighted by Crippen LogP contribution is -2.25. The highest BCUT2D eigenvalue weighted by atomic mass is 35.5. The average molecular weight is 299 g/mol. The van der Waals surface area contributed by atoms with E-state index in [0.717, 1.165) is 25.8 Å². The number of rotatable bonds is 8. The van der Waals surface area contributed by atoms with E-state index < -0.39 is 0 Å². The van der Waals surface area contributed by atoms with Crippen molar-refractivity contribution in [2.24, 2.45) is 5.73 Å². The predicted octanol–water partition coefficient (Wildman–Crippen LogP) is 3.02. The number of hydrogen-bond acceptors (Lipinski definition) is 2. The summed E-state index contributed by atoms with van der Waals surface area (Å²) >= 11 is 0. The molecule has 0 saturated carbocycles. The maximum Gasteiger partial charge on any atom is 0.220 e. The quantitative estimate of drug-likeness (QED) is 0.725. The van der Waals surface area contributed by atoms with Gasteiger partial charge >= 0.3 is 0 Å². The van der Waals surface area contributed by atoms with E-state index in [1.54, 1.807) is 0 Å². The Hall–Kier alpha value is -1.06. The third-order valence-corrected chi connectivity index (χ3v) is 3.22. The van der Waals surface area contributed by atoms with Gasteiger partial charge in [0.2, 0.25) is 5.91 Å². The number of nitrogens with one attached hydrogen (secondary N) is 1. The van der Waals surface area contributed by atoms with E-state index in [1.807, 2.05) is 0 Å². The van der Waals surface area contributed by atoms with Gasteiger partial charge in [0.25, 0.3) is 0 Å². The van der Waals surface area contributed by atoms with Crippen LogP contribution in [0.1, 0.15) is 50.2 Å². The molecular weight excluding hydrogens is 272 g/mol. The molecule has 114 valence electrons. The molecule has 0 atom stereocenters. The van der Waals surface area contributed by atoms with Gasteiger partial charge in [-0.2, -0.15) is 0 Å². The van der Waals surface area contributed by atoms with Crippen molar-refractivity contribution in [3.63, 3.8) is 0 Å². The standard InChI is InChI=1S/C16H26N2O.ClH/c1-13(2)15-9-7-14(8-10-15)5-4-12-18-16(19)6-3-11-17;/h7-10,13H,3-6,11-12,17H2,1-2H3,(H,18,19);1H. The fourth-order valence-corrected chi connectivity index (χ4v) is 1.94. The Balaban J connectivity index is 0.00000361. The summed E-state index contributed by atoms with van der Waals surface area (Å²) in [6.45, 7) is 5.72. The van der Waals surface area contributed by atoms with Crippen molar-refractivity contribution >= 4 is 18.3 Å². The topological polar surface area (TPSA) is 55.1 Å². The van der Waals surface area contributed by atoms with Crippen molar-refractivity contribution in [3.05, 3.63) is 35.4 Å². The number of benzene rings is 1. The monoisotopic (exact) mass is 298 g/mol. The molecule has 0 aromatic heterocycles. The molecule has 1 amide bonds. The maximum atomic E-state index is 11.4. The van der Waals surface area contributed by atoms with Crippen LogP contribution in [-0.4, -0.2) is 19.0 Å². The second-order valence-corrected chi connectivity index (χ2v) is 5.24. The molecule has 3 N–H and O–H groups in total. The van der Waals surface area contributed by atoms with E-state index in [0.29, 0.717) is 18.9 Å². The summed E-state index contributed by atoms with van der Waals surface area (Å²) in [6.07, 6.45) is 3.30. The van der Waals surface area contributed by atoms with Crippen LogP contribution in [-0.2, 0) is 11.2 Å². The van der Waals surface area contributed by atoms with E-state index in [9.17, 15) is 4.79 Å². The molecule has 20 heavy (non-hydrogen) atoms. The molecule has 3 nitrogen and oxygen atoms in total. The molecular formula is C16H27ClN2O. The first kappa shape index (κ1) is 18.9. The average Bonchev–Trinajstić information content (AvgIpc) is 2.41. The summed E-state index contributed by atoms with van der Waals surface area (Å²) in [7, 11) is 0. The third-order valence-electron chi connectivity index (χ3n) is 3.22. The van der Waals surface area contributed by atoms with Crippen LogP contribution in [0, 0.1) is 0 Å². The first-order valence-corrected chi connectivity index (χ1v) is 7.19. The minimum absolute atomic E-state index is 0. The van der Waals surface area contributed by atoms with Crippen LogP contribution < -0.4 is 11.1 Å². The number of halogens is 1. The van der Waals surface area contributed by atoms with Gasteiger partial charge < -0.3 is 11.1 Å². The van der Waals surface area contributed by atoms with Gasteiger partial charge in [0.1, 0.15) is 0 Å². The van der Waals surface area contributed by atoms with Crippen LogP contribution in [0.25, 0.3) is 0 Å². The van der Waals surface area contributed by atoms with E-state index in [2.05, 4.69) is 43.4 Å². The molecule has 1 aromatic rings. The zero-order chi connectivity index (χ0) is 14.1. The lowest BCUT2D eigenvalue weighted by atomic mass is 10.0. The van der Waals surface area contributed by atoms with Gasteiger partial charge in [0.05, 0.1) is 0 Å². The Labute approximate surface area is 128 Å². The summed E-state index contributed by atoms with van der Waals surface area (Å²) in [5.41, 5.74) is 8.07. The lowest BCUT2D eigenvalue weighted by Gasteiger charge is -2.07. The highest BCUT2D eigenvalue weighted by molar-refractivity contribution is 5.85. The number of aryl methyl sites for hydroxylation is 1. The molecule has 0 heterocycles. The molecule has 0 aliphatic heterocycles. The van der Waals surface area contributed by atoms with Crippen LogP contribution in [0.4, 0.5) is 0 Å². The number of carbonyl (C=O) groups is 1. The van der Waals surface area contributed by atoms with Crippen molar-refractivity contribution in [3.8, 4) is 0 Å². The summed E-state index contributed by atoms with van der Waals surface area (Å²) in [6, 6.07) is 8.76. The number of nitrogens with two attached hydrogens (primary N) is 1. The van der Waals surface area contributed by atoms with Gasteiger partial charge in [-0.3, -0.25) is 4.79 Å². The van der Waals surface area contributed by atoms with Gasteiger partial charge in [-0.1, -0.05) is 38.1 Å². The fraction of sp³-hybridized carbons (Fsp3) is 0.562. The van der Waals surface area contributed by atoms with E-state index in [-0.39, 0.29) is 18.3 Å². The molecule has 0 unspecified atom stereocenters. The molecule has 1 aromatic carbocycles. The van der Waals surface area contributed by atoms with E-state index >= 15 is 0 Å². The second-order valence-electron chi connectivity index (χ2n) is 5.24. The highest BCUT2D eigenvalue weighted by Crippen LogP contribution is 2.15. The Morgan fingerprint density at radius 3 is 2.40 bits per heavy atom. The zero-order valence-corrected chi connectivity index (χ0v) is 13.3. The fourth-order valence-electron chi connectivity index (χ4n) is 1.94. The first-order valence-electron chi connectivity index (χ1n) is 7.19. The molecule has 4 heteroatoms. The van der Waals surface area contributed by atoms with Gasteiger partial charge in [0, 0.05) is 13.0 Å². The molecule has 0 bridgehead atoms. The molecule has 0 fully saturated rings. The summed E-state index contributed by atoms with van der Waals surface area (Å²) in [5.74, 6) is 0.691. The zero-order valence-electron chi connectivity index (χ0n) is 12.5. The normalized spacial score (nSPS) is 10.2. The van der Waals surface area contributed by atoms with Gasteiger partial charge in [0.15, 0.2) is 0 Å². The Kier molecular flexibility index (Phi) is 10.1. The van der Waals surface area contributed by atoms with E-state index in [1.165, 1.54) is 11.1 Å². The van der Waals surface area contributed by atoms with Gasteiger partial charge in [-0.25, -0.2) is 0 Å². The molecule has 0 aliphatic carbocycles. The van der Waals surface area contributed by atoms with Crippen LogP contribution in [0.5, 0.6) is 0 Å². The van der Waals surface area contributed by atoms with Crippen molar-refractivity contribution in [1.82, 2.24) is 5.32 Å².